The van der Waals surface area contributed by atoms with Gasteiger partial charge in [-0.05, 0) is 49.1 Å². The summed E-state index contributed by atoms with van der Waals surface area (Å²) in [5.74, 6) is 0.841. The number of amides is 1. The highest BCUT2D eigenvalue weighted by molar-refractivity contribution is 5.79. The fourth-order valence-corrected chi connectivity index (χ4v) is 4.30. The van der Waals surface area contributed by atoms with Crippen LogP contribution in [-0.2, 0) is 4.79 Å². The minimum Gasteiger partial charge on any atom is -0.484 e. The Balaban J connectivity index is 1.62. The van der Waals surface area contributed by atoms with E-state index >= 15 is 0 Å². The number of carbonyl (C=O) groups is 1. The van der Waals surface area contributed by atoms with Gasteiger partial charge in [0.1, 0.15) is 11.6 Å². The summed E-state index contributed by atoms with van der Waals surface area (Å²) >= 11 is 0. The quantitative estimate of drug-likeness (QED) is 0.498. The van der Waals surface area contributed by atoms with Crippen molar-refractivity contribution >= 4 is 17.5 Å². The van der Waals surface area contributed by atoms with Gasteiger partial charge >= 0.3 is 0 Å². The molecule has 35 heavy (non-hydrogen) atoms. The summed E-state index contributed by atoms with van der Waals surface area (Å²) in [5, 5.41) is 0. The highest BCUT2D eigenvalue weighted by Gasteiger charge is 2.32. The highest BCUT2D eigenvalue weighted by Crippen LogP contribution is 2.36. The molecule has 1 atom stereocenters. The number of halogens is 1. The number of hydrogen-bond acceptors (Lipinski definition) is 6. The van der Waals surface area contributed by atoms with Crippen molar-refractivity contribution in [3.8, 4) is 16.9 Å². The van der Waals surface area contributed by atoms with Crippen molar-refractivity contribution in [2.75, 3.05) is 51.1 Å². The third-order valence-electron chi connectivity index (χ3n) is 6.20. The molecule has 1 saturated heterocycles. The molecular weight excluding hydrogens is 445 g/mol. The second-order valence-electron chi connectivity index (χ2n) is 9.15. The number of benzene rings is 2. The van der Waals surface area contributed by atoms with Crippen LogP contribution in [0.5, 0.6) is 5.75 Å². The Labute approximate surface area is 206 Å². The van der Waals surface area contributed by atoms with Gasteiger partial charge in [-0.3, -0.25) is 4.79 Å². The molecule has 7 nitrogen and oxygen atoms in total. The summed E-state index contributed by atoms with van der Waals surface area (Å²) in [6, 6.07) is 13.8. The number of likely N-dealkylation sites (tertiary alicyclic amines) is 1. The lowest BCUT2D eigenvalue weighted by molar-refractivity contribution is -0.137. The van der Waals surface area contributed by atoms with Gasteiger partial charge in [0.05, 0.1) is 11.7 Å². The maximum absolute atomic E-state index is 13.6. The Bertz CT molecular complexity index is 1170. The summed E-state index contributed by atoms with van der Waals surface area (Å²) < 4.78 is 19.5. The van der Waals surface area contributed by atoms with Crippen molar-refractivity contribution in [2.24, 2.45) is 0 Å². The summed E-state index contributed by atoms with van der Waals surface area (Å²) in [6.45, 7) is 0.583. The predicted molar refractivity (Wildman–Crippen MR) is 136 cm³/mol. The Morgan fingerprint density at radius 2 is 1.86 bits per heavy atom. The average molecular weight is 478 g/mol. The first-order valence-electron chi connectivity index (χ1n) is 11.8. The Kier molecular flexibility index (Phi) is 7.48. The molecule has 3 aromatic rings. The maximum atomic E-state index is 13.6. The fraction of sp³-hybridized carbons (Fsp3) is 0.370. The number of carbonyl (C=O) groups excluding carboxylic acids is 1. The SMILES string of the molecule is CN(C)c1cccc(OCC(=O)N2CCCCC2c2nc(N(C)C)ncc2-c2ccc(F)cc2)c1. The van der Waals surface area contributed by atoms with Gasteiger partial charge in [0, 0.05) is 58.2 Å². The third-order valence-corrected chi connectivity index (χ3v) is 6.20. The van der Waals surface area contributed by atoms with Gasteiger partial charge in [-0.15, -0.1) is 0 Å². The van der Waals surface area contributed by atoms with Crippen LogP contribution in [0.25, 0.3) is 11.1 Å². The zero-order chi connectivity index (χ0) is 24.9. The molecule has 0 saturated carbocycles. The molecular formula is C27H32FN5O2. The average Bonchev–Trinajstić information content (AvgIpc) is 2.87. The first-order chi connectivity index (χ1) is 16.8. The molecule has 1 aliphatic heterocycles. The van der Waals surface area contributed by atoms with Gasteiger partial charge in [-0.1, -0.05) is 18.2 Å². The zero-order valence-electron chi connectivity index (χ0n) is 20.7. The van der Waals surface area contributed by atoms with Crippen molar-refractivity contribution in [3.05, 3.63) is 66.2 Å². The smallest absolute Gasteiger partial charge is 0.261 e. The molecule has 0 spiro atoms. The van der Waals surface area contributed by atoms with Crippen LogP contribution in [0, 0.1) is 5.82 Å². The molecule has 1 aliphatic rings. The number of ether oxygens (including phenoxy) is 1. The summed E-state index contributed by atoms with van der Waals surface area (Å²) in [5.41, 5.74) is 3.41. The van der Waals surface area contributed by atoms with E-state index in [2.05, 4.69) is 4.98 Å². The third kappa shape index (κ3) is 5.70. The van der Waals surface area contributed by atoms with Gasteiger partial charge in [0.25, 0.3) is 5.91 Å². The molecule has 0 bridgehead atoms. The lowest BCUT2D eigenvalue weighted by Crippen LogP contribution is -2.41. The zero-order valence-corrected chi connectivity index (χ0v) is 20.7. The molecule has 2 aromatic carbocycles. The van der Waals surface area contributed by atoms with E-state index in [4.69, 9.17) is 9.72 Å². The van der Waals surface area contributed by atoms with E-state index in [9.17, 15) is 9.18 Å². The lowest BCUT2D eigenvalue weighted by Gasteiger charge is -2.36. The molecule has 184 valence electrons. The summed E-state index contributed by atoms with van der Waals surface area (Å²) in [7, 11) is 7.70. The Morgan fingerprint density at radius 1 is 1.09 bits per heavy atom. The Hall–Kier alpha value is -3.68. The van der Waals surface area contributed by atoms with Crippen LogP contribution in [0.1, 0.15) is 31.0 Å². The van der Waals surface area contributed by atoms with Crippen LogP contribution in [0.15, 0.2) is 54.7 Å². The van der Waals surface area contributed by atoms with E-state index in [1.54, 1.807) is 18.3 Å². The van der Waals surface area contributed by atoms with Crippen LogP contribution in [0.2, 0.25) is 0 Å². The standard InChI is InChI=1S/C27H32FN5O2/c1-31(2)21-8-7-9-22(16-21)35-18-25(34)33-15-6-5-10-24(33)26-23(17-29-27(30-26)32(3)4)19-11-13-20(28)14-12-19/h7-9,11-14,16-17,24H,5-6,10,15,18H2,1-4H3. The monoisotopic (exact) mass is 477 g/mol. The lowest BCUT2D eigenvalue weighted by atomic mass is 9.93. The van der Waals surface area contributed by atoms with Gasteiger partial charge in [-0.2, -0.15) is 0 Å². The molecule has 1 unspecified atom stereocenters. The molecule has 0 N–H and O–H groups in total. The van der Waals surface area contributed by atoms with E-state index in [1.807, 2.05) is 67.2 Å². The molecule has 0 radical (unpaired) electrons. The minimum atomic E-state index is -0.300. The predicted octanol–water partition coefficient (Wildman–Crippen LogP) is 4.55. The molecule has 8 heteroatoms. The van der Waals surface area contributed by atoms with E-state index in [-0.39, 0.29) is 24.4 Å². The Morgan fingerprint density at radius 3 is 2.57 bits per heavy atom. The molecule has 0 aliphatic carbocycles. The first kappa shape index (κ1) is 24.4. The van der Waals surface area contributed by atoms with Crippen molar-refractivity contribution < 1.29 is 13.9 Å². The van der Waals surface area contributed by atoms with Gasteiger partial charge < -0.3 is 19.4 Å². The van der Waals surface area contributed by atoms with Crippen molar-refractivity contribution in [2.45, 2.75) is 25.3 Å². The number of hydrogen-bond donors (Lipinski definition) is 0. The number of anilines is 2. The summed E-state index contributed by atoms with van der Waals surface area (Å²) in [4.78, 5) is 28.4. The van der Waals surface area contributed by atoms with Crippen LogP contribution in [0.3, 0.4) is 0 Å². The van der Waals surface area contributed by atoms with Crippen molar-refractivity contribution in [3.63, 3.8) is 0 Å². The largest absolute Gasteiger partial charge is 0.484 e. The molecule has 1 amide bonds. The van der Waals surface area contributed by atoms with E-state index < -0.39 is 0 Å². The topological polar surface area (TPSA) is 61.8 Å². The van der Waals surface area contributed by atoms with Gasteiger partial charge in [0.15, 0.2) is 6.61 Å². The van der Waals surface area contributed by atoms with Crippen LogP contribution < -0.4 is 14.5 Å². The van der Waals surface area contributed by atoms with Crippen LogP contribution in [0.4, 0.5) is 16.0 Å². The van der Waals surface area contributed by atoms with E-state index in [1.165, 1.54) is 12.1 Å². The minimum absolute atomic E-state index is 0.0507. The molecule has 1 aromatic heterocycles. The second kappa shape index (κ2) is 10.7. The highest BCUT2D eigenvalue weighted by atomic mass is 19.1. The van der Waals surface area contributed by atoms with E-state index in [0.717, 1.165) is 41.8 Å². The first-order valence-corrected chi connectivity index (χ1v) is 11.8. The maximum Gasteiger partial charge on any atom is 0.261 e. The number of rotatable bonds is 7. The molecule has 4 rings (SSSR count). The summed E-state index contributed by atoms with van der Waals surface area (Å²) in [6.07, 6.45) is 4.48. The second-order valence-corrected chi connectivity index (χ2v) is 9.15. The molecule has 1 fully saturated rings. The van der Waals surface area contributed by atoms with Crippen molar-refractivity contribution in [1.29, 1.82) is 0 Å². The van der Waals surface area contributed by atoms with Crippen LogP contribution in [-0.4, -0.2) is 62.1 Å². The normalized spacial score (nSPS) is 15.6. The van der Waals surface area contributed by atoms with Crippen LogP contribution >= 0.6 is 0 Å². The van der Waals surface area contributed by atoms with E-state index in [0.29, 0.717) is 18.2 Å². The molecule has 2 heterocycles. The van der Waals surface area contributed by atoms with Crippen molar-refractivity contribution in [1.82, 2.24) is 14.9 Å². The van der Waals surface area contributed by atoms with Gasteiger partial charge in [0.2, 0.25) is 5.95 Å². The number of piperidine rings is 1. The number of aromatic nitrogens is 2. The number of nitrogens with zero attached hydrogens (tertiary/aromatic N) is 5. The fourth-order valence-electron chi connectivity index (χ4n) is 4.30. The van der Waals surface area contributed by atoms with Gasteiger partial charge in [-0.25, -0.2) is 14.4 Å².